The van der Waals surface area contributed by atoms with Crippen molar-refractivity contribution in [3.8, 4) is 0 Å². The Morgan fingerprint density at radius 1 is 1.39 bits per heavy atom. The summed E-state index contributed by atoms with van der Waals surface area (Å²) in [5.74, 6) is 0. The minimum absolute atomic E-state index is 0.830. The SMILES string of the molecule is Cc1cc(I)cc2c3c(sc12)=CC1=C=C(N)C=3C1. The highest BCUT2D eigenvalue weighted by molar-refractivity contribution is 14.1. The molecule has 88 valence electrons. The van der Waals surface area contributed by atoms with Crippen LogP contribution < -0.4 is 15.5 Å². The minimum atomic E-state index is 0.830. The van der Waals surface area contributed by atoms with Crippen molar-refractivity contribution in [2.24, 2.45) is 5.73 Å². The third-order valence-corrected chi connectivity index (χ3v) is 5.47. The molecular formula is C15H10INS. The van der Waals surface area contributed by atoms with Crippen LogP contribution in [0.15, 0.2) is 29.1 Å². The van der Waals surface area contributed by atoms with Crippen molar-refractivity contribution in [2.45, 2.75) is 13.3 Å². The van der Waals surface area contributed by atoms with Gasteiger partial charge in [-0.05, 0) is 58.9 Å². The van der Waals surface area contributed by atoms with Crippen LogP contribution in [0.25, 0.3) is 21.7 Å². The van der Waals surface area contributed by atoms with E-state index in [0.29, 0.717) is 0 Å². The number of rotatable bonds is 0. The highest BCUT2D eigenvalue weighted by Gasteiger charge is 2.19. The molecule has 2 aromatic rings. The Morgan fingerprint density at radius 3 is 3.06 bits per heavy atom. The lowest BCUT2D eigenvalue weighted by Crippen LogP contribution is -2.25. The van der Waals surface area contributed by atoms with Gasteiger partial charge in [0.05, 0.1) is 5.70 Å². The van der Waals surface area contributed by atoms with Gasteiger partial charge in [0, 0.05) is 35.4 Å². The van der Waals surface area contributed by atoms with Crippen molar-refractivity contribution in [1.29, 1.82) is 0 Å². The fourth-order valence-electron chi connectivity index (χ4n) is 2.80. The van der Waals surface area contributed by atoms with Crippen LogP contribution in [0.4, 0.5) is 0 Å². The number of hydrogen-bond acceptors (Lipinski definition) is 2. The normalized spacial score (nSPS) is 16.4. The van der Waals surface area contributed by atoms with Gasteiger partial charge in [-0.1, -0.05) is 5.73 Å². The van der Waals surface area contributed by atoms with E-state index in [2.05, 4.69) is 53.5 Å². The van der Waals surface area contributed by atoms with Crippen LogP contribution in [0.2, 0.25) is 0 Å². The average molecular weight is 363 g/mol. The molecule has 0 fully saturated rings. The monoisotopic (exact) mass is 363 g/mol. The van der Waals surface area contributed by atoms with Crippen LogP contribution in [0.3, 0.4) is 0 Å². The molecule has 0 unspecified atom stereocenters. The zero-order valence-corrected chi connectivity index (χ0v) is 12.8. The number of allylic oxidation sites excluding steroid dienone is 1. The highest BCUT2D eigenvalue weighted by atomic mass is 127. The van der Waals surface area contributed by atoms with Crippen molar-refractivity contribution in [3.63, 3.8) is 0 Å². The van der Waals surface area contributed by atoms with E-state index in [1.165, 1.54) is 40.1 Å². The fraction of sp³-hybridized carbons (Fsp3) is 0.133. The van der Waals surface area contributed by atoms with Crippen molar-refractivity contribution >= 4 is 55.7 Å². The predicted octanol–water partition coefficient (Wildman–Crippen LogP) is 2.53. The number of fused-ring (bicyclic) bond motifs is 5. The molecule has 1 heterocycles. The van der Waals surface area contributed by atoms with Crippen molar-refractivity contribution < 1.29 is 0 Å². The lowest BCUT2D eigenvalue weighted by atomic mass is 10.0. The topological polar surface area (TPSA) is 26.0 Å². The maximum atomic E-state index is 6.09. The second kappa shape index (κ2) is 3.50. The molecule has 0 saturated heterocycles. The van der Waals surface area contributed by atoms with Gasteiger partial charge in [0.1, 0.15) is 0 Å². The number of aryl methyl sites for hydroxylation is 1. The lowest BCUT2D eigenvalue weighted by Gasteiger charge is -2.04. The molecular weight excluding hydrogens is 353 g/mol. The number of halogens is 1. The smallest absolute Gasteiger partial charge is 0.0793 e. The Balaban J connectivity index is 2.33. The number of thiophene rings is 1. The van der Waals surface area contributed by atoms with E-state index in [-0.39, 0.29) is 0 Å². The average Bonchev–Trinajstić information content (AvgIpc) is 2.79. The van der Waals surface area contributed by atoms with Crippen molar-refractivity contribution in [1.82, 2.24) is 0 Å². The number of benzene rings is 1. The zero-order valence-electron chi connectivity index (χ0n) is 9.80. The summed E-state index contributed by atoms with van der Waals surface area (Å²) >= 11 is 4.26. The molecule has 3 heteroatoms. The van der Waals surface area contributed by atoms with Gasteiger partial charge in [0.25, 0.3) is 0 Å². The van der Waals surface area contributed by atoms with Gasteiger partial charge in [0.15, 0.2) is 0 Å². The quantitative estimate of drug-likeness (QED) is 0.565. The summed E-state index contributed by atoms with van der Waals surface area (Å²) in [6, 6.07) is 4.52. The molecule has 0 saturated carbocycles. The van der Waals surface area contributed by atoms with Crippen LogP contribution in [-0.4, -0.2) is 0 Å². The van der Waals surface area contributed by atoms with Gasteiger partial charge in [0.2, 0.25) is 0 Å². The van der Waals surface area contributed by atoms with E-state index >= 15 is 0 Å². The highest BCUT2D eigenvalue weighted by Crippen LogP contribution is 2.29. The molecule has 2 N–H and O–H groups in total. The second-order valence-corrected chi connectivity index (χ2v) is 7.10. The van der Waals surface area contributed by atoms with E-state index in [0.717, 1.165) is 12.1 Å². The summed E-state index contributed by atoms with van der Waals surface area (Å²) in [4.78, 5) is 0. The molecule has 18 heavy (non-hydrogen) atoms. The molecule has 0 aliphatic heterocycles. The van der Waals surface area contributed by atoms with E-state index in [1.807, 2.05) is 11.3 Å². The van der Waals surface area contributed by atoms with Gasteiger partial charge >= 0.3 is 0 Å². The molecule has 1 aromatic heterocycles. The molecule has 1 nitrogen and oxygen atoms in total. The maximum Gasteiger partial charge on any atom is 0.0793 e. The standard InChI is InChI=1S/C15H10INS/c1-7-2-9(16)6-11-14-10-3-8(4-12(10)17)5-13(14)18-15(7)11/h2,5-6H,3,17H2,1H3. The Labute approximate surface area is 122 Å². The first-order chi connectivity index (χ1) is 8.63. The zero-order chi connectivity index (χ0) is 12.4. The van der Waals surface area contributed by atoms with Gasteiger partial charge < -0.3 is 5.73 Å². The summed E-state index contributed by atoms with van der Waals surface area (Å²) in [5, 5.41) is 2.71. The maximum absolute atomic E-state index is 6.09. The van der Waals surface area contributed by atoms with Crippen LogP contribution in [0.1, 0.15) is 12.0 Å². The predicted molar refractivity (Wildman–Crippen MR) is 85.7 cm³/mol. The third-order valence-electron chi connectivity index (χ3n) is 3.56. The summed E-state index contributed by atoms with van der Waals surface area (Å²) in [6.07, 6.45) is 3.20. The Hall–Kier alpha value is -1.03. The summed E-state index contributed by atoms with van der Waals surface area (Å²) in [5.41, 5.74) is 14.1. The van der Waals surface area contributed by atoms with E-state index in [9.17, 15) is 0 Å². The van der Waals surface area contributed by atoms with Gasteiger partial charge in [-0.15, -0.1) is 11.3 Å². The molecule has 0 atom stereocenters. The van der Waals surface area contributed by atoms with Crippen molar-refractivity contribution in [2.75, 3.05) is 0 Å². The second-order valence-electron chi connectivity index (χ2n) is 4.80. The molecule has 2 aliphatic carbocycles. The first kappa shape index (κ1) is 10.9. The van der Waals surface area contributed by atoms with E-state index < -0.39 is 0 Å². The third kappa shape index (κ3) is 1.32. The molecule has 1 aromatic carbocycles. The van der Waals surface area contributed by atoms with Crippen LogP contribution in [-0.2, 0) is 0 Å². The molecule has 0 amide bonds. The summed E-state index contributed by atoms with van der Waals surface area (Å²) in [6.45, 7) is 2.19. The van der Waals surface area contributed by atoms with Crippen LogP contribution >= 0.6 is 33.9 Å². The number of nitrogens with two attached hydrogens (primary N) is 1. The largest absolute Gasteiger partial charge is 0.392 e. The molecule has 2 aliphatic rings. The van der Waals surface area contributed by atoms with Gasteiger partial charge in [-0.3, -0.25) is 0 Å². The molecule has 4 rings (SSSR count). The fourth-order valence-corrected chi connectivity index (χ4v) is 4.83. The minimum Gasteiger partial charge on any atom is -0.392 e. The summed E-state index contributed by atoms with van der Waals surface area (Å²) in [7, 11) is 0. The van der Waals surface area contributed by atoms with E-state index in [1.54, 1.807) is 0 Å². The van der Waals surface area contributed by atoms with Crippen molar-refractivity contribution in [3.05, 3.63) is 48.0 Å². The molecule has 0 radical (unpaired) electrons. The Morgan fingerprint density at radius 2 is 2.22 bits per heavy atom. The van der Waals surface area contributed by atoms with E-state index in [4.69, 9.17) is 5.73 Å². The Bertz CT molecular complexity index is 908. The van der Waals surface area contributed by atoms with Gasteiger partial charge in [-0.25, -0.2) is 0 Å². The first-order valence-electron chi connectivity index (χ1n) is 5.83. The summed E-state index contributed by atoms with van der Waals surface area (Å²) < 4.78 is 4.03. The molecule has 0 spiro atoms. The lowest BCUT2D eigenvalue weighted by molar-refractivity contribution is 1.31. The Kier molecular flexibility index (Phi) is 2.11. The van der Waals surface area contributed by atoms with Crippen LogP contribution in [0.5, 0.6) is 0 Å². The van der Waals surface area contributed by atoms with Gasteiger partial charge in [-0.2, -0.15) is 0 Å². The number of hydrogen-bond donors (Lipinski definition) is 1. The molecule has 2 bridgehead atoms. The van der Waals surface area contributed by atoms with Crippen LogP contribution in [0, 0.1) is 10.5 Å². The first-order valence-corrected chi connectivity index (χ1v) is 7.72.